The summed E-state index contributed by atoms with van der Waals surface area (Å²) in [4.78, 5) is 19.7. The zero-order chi connectivity index (χ0) is 18.6. The summed E-state index contributed by atoms with van der Waals surface area (Å²) in [7, 11) is 0. The number of carbonyl (C=O) groups excluding carboxylic acids is 1. The molecular formula is C18H15N7O2. The number of aromatic nitrogens is 4. The van der Waals surface area contributed by atoms with E-state index in [0.29, 0.717) is 28.9 Å². The molecular weight excluding hydrogens is 346 g/mol. The molecule has 5 N–H and O–H groups in total. The fourth-order valence-electron chi connectivity index (χ4n) is 2.41. The number of aromatic amines is 1. The number of carbonyl (C=O) groups is 1. The third kappa shape index (κ3) is 3.76. The number of benzene rings is 1. The van der Waals surface area contributed by atoms with Gasteiger partial charge in [-0.3, -0.25) is 9.89 Å². The van der Waals surface area contributed by atoms with Crippen molar-refractivity contribution in [2.75, 3.05) is 10.6 Å². The van der Waals surface area contributed by atoms with E-state index in [0.717, 1.165) is 11.4 Å². The predicted molar refractivity (Wildman–Crippen MR) is 99.8 cm³/mol. The van der Waals surface area contributed by atoms with E-state index in [4.69, 9.17) is 10.2 Å². The van der Waals surface area contributed by atoms with Crippen LogP contribution in [0.5, 0.6) is 0 Å². The predicted octanol–water partition coefficient (Wildman–Crippen LogP) is 3.05. The van der Waals surface area contributed by atoms with Crippen LogP contribution in [-0.2, 0) is 0 Å². The summed E-state index contributed by atoms with van der Waals surface area (Å²) in [5.74, 6) is 1.78. The van der Waals surface area contributed by atoms with Crippen LogP contribution in [-0.4, -0.2) is 26.1 Å². The summed E-state index contributed by atoms with van der Waals surface area (Å²) in [5.41, 5.74) is 7.16. The van der Waals surface area contributed by atoms with Crippen molar-refractivity contribution in [3.05, 3.63) is 66.6 Å². The molecule has 0 unspecified atom stereocenters. The van der Waals surface area contributed by atoms with E-state index < -0.39 is 5.91 Å². The summed E-state index contributed by atoms with van der Waals surface area (Å²) in [6.07, 6.45) is 3.22. The van der Waals surface area contributed by atoms with Crippen molar-refractivity contribution in [2.45, 2.75) is 0 Å². The van der Waals surface area contributed by atoms with Gasteiger partial charge < -0.3 is 20.8 Å². The number of hydrogen-bond acceptors (Lipinski definition) is 7. The maximum absolute atomic E-state index is 11.1. The van der Waals surface area contributed by atoms with Gasteiger partial charge >= 0.3 is 0 Å². The molecule has 1 amide bonds. The Morgan fingerprint density at radius 3 is 2.67 bits per heavy atom. The average molecular weight is 361 g/mol. The number of nitrogens with two attached hydrogens (primary N) is 1. The van der Waals surface area contributed by atoms with Gasteiger partial charge in [0.2, 0.25) is 11.9 Å². The largest absolute Gasteiger partial charge is 0.463 e. The van der Waals surface area contributed by atoms with Crippen LogP contribution >= 0.6 is 0 Å². The fourth-order valence-corrected chi connectivity index (χ4v) is 2.41. The van der Waals surface area contributed by atoms with Crippen LogP contribution in [0.4, 0.5) is 23.3 Å². The second-order valence-corrected chi connectivity index (χ2v) is 5.60. The van der Waals surface area contributed by atoms with E-state index in [2.05, 4.69) is 30.8 Å². The van der Waals surface area contributed by atoms with E-state index in [9.17, 15) is 4.79 Å². The highest BCUT2D eigenvalue weighted by molar-refractivity contribution is 5.93. The number of furan rings is 1. The molecule has 3 heterocycles. The SMILES string of the molecule is NC(=O)c1ccc(Nc2nccc(Nc3cc(-c4ccco4)[nH]n3)n2)cc1. The van der Waals surface area contributed by atoms with Gasteiger partial charge in [0, 0.05) is 23.5 Å². The summed E-state index contributed by atoms with van der Waals surface area (Å²) in [6.45, 7) is 0. The van der Waals surface area contributed by atoms with Crippen molar-refractivity contribution >= 4 is 29.2 Å². The van der Waals surface area contributed by atoms with Gasteiger partial charge in [-0.05, 0) is 42.5 Å². The molecule has 0 aliphatic carbocycles. The number of rotatable bonds is 6. The molecule has 0 saturated heterocycles. The molecule has 134 valence electrons. The van der Waals surface area contributed by atoms with Crippen LogP contribution in [0.15, 0.2) is 65.4 Å². The first kappa shape index (κ1) is 16.3. The van der Waals surface area contributed by atoms with Gasteiger partial charge in [-0.2, -0.15) is 10.1 Å². The molecule has 27 heavy (non-hydrogen) atoms. The molecule has 4 aromatic rings. The smallest absolute Gasteiger partial charge is 0.248 e. The molecule has 0 aliphatic heterocycles. The normalized spacial score (nSPS) is 10.5. The van der Waals surface area contributed by atoms with E-state index in [1.54, 1.807) is 42.8 Å². The van der Waals surface area contributed by atoms with Crippen molar-refractivity contribution in [1.82, 2.24) is 20.2 Å². The highest BCUT2D eigenvalue weighted by atomic mass is 16.3. The van der Waals surface area contributed by atoms with Crippen molar-refractivity contribution in [3.8, 4) is 11.5 Å². The summed E-state index contributed by atoms with van der Waals surface area (Å²) < 4.78 is 5.33. The van der Waals surface area contributed by atoms with Gasteiger partial charge in [-0.1, -0.05) is 0 Å². The van der Waals surface area contributed by atoms with Crippen LogP contribution in [0.1, 0.15) is 10.4 Å². The fraction of sp³-hybridized carbons (Fsp3) is 0. The van der Waals surface area contributed by atoms with Crippen molar-refractivity contribution in [2.24, 2.45) is 5.73 Å². The topological polar surface area (TPSA) is 135 Å². The lowest BCUT2D eigenvalue weighted by Gasteiger charge is -2.07. The van der Waals surface area contributed by atoms with Crippen molar-refractivity contribution in [1.29, 1.82) is 0 Å². The van der Waals surface area contributed by atoms with Crippen molar-refractivity contribution in [3.63, 3.8) is 0 Å². The van der Waals surface area contributed by atoms with Crippen LogP contribution in [0.2, 0.25) is 0 Å². The number of amides is 1. The molecule has 1 aromatic carbocycles. The number of primary amides is 1. The summed E-state index contributed by atoms with van der Waals surface area (Å²) >= 11 is 0. The molecule has 4 rings (SSSR count). The van der Waals surface area contributed by atoms with E-state index >= 15 is 0 Å². The second kappa shape index (κ2) is 7.00. The molecule has 3 aromatic heterocycles. The Hall–Kier alpha value is -4.14. The van der Waals surface area contributed by atoms with Gasteiger partial charge in [-0.15, -0.1) is 0 Å². The van der Waals surface area contributed by atoms with Gasteiger partial charge in [0.05, 0.1) is 6.26 Å². The number of H-pyrrole nitrogens is 1. The molecule has 0 spiro atoms. The van der Waals surface area contributed by atoms with Gasteiger partial charge in [0.1, 0.15) is 11.5 Å². The molecule has 0 fully saturated rings. The molecule has 0 bridgehead atoms. The maximum Gasteiger partial charge on any atom is 0.248 e. The Labute approximate surface area is 153 Å². The Morgan fingerprint density at radius 2 is 1.93 bits per heavy atom. The molecule has 9 heteroatoms. The Balaban J connectivity index is 1.47. The van der Waals surface area contributed by atoms with Crippen LogP contribution in [0.3, 0.4) is 0 Å². The van der Waals surface area contributed by atoms with Gasteiger partial charge in [0.25, 0.3) is 0 Å². The van der Waals surface area contributed by atoms with Crippen LogP contribution in [0.25, 0.3) is 11.5 Å². The zero-order valence-electron chi connectivity index (χ0n) is 14.0. The van der Waals surface area contributed by atoms with Gasteiger partial charge in [0.15, 0.2) is 11.6 Å². The van der Waals surface area contributed by atoms with Gasteiger partial charge in [-0.25, -0.2) is 4.98 Å². The van der Waals surface area contributed by atoms with E-state index in [-0.39, 0.29) is 0 Å². The number of hydrogen-bond donors (Lipinski definition) is 4. The van der Waals surface area contributed by atoms with Crippen molar-refractivity contribution < 1.29 is 9.21 Å². The summed E-state index contributed by atoms with van der Waals surface area (Å²) in [6, 6.07) is 13.9. The first-order valence-corrected chi connectivity index (χ1v) is 8.03. The highest BCUT2D eigenvalue weighted by Gasteiger charge is 2.07. The third-order valence-corrected chi connectivity index (χ3v) is 3.70. The highest BCUT2D eigenvalue weighted by Crippen LogP contribution is 2.22. The average Bonchev–Trinajstić information content (AvgIpc) is 3.34. The lowest BCUT2D eigenvalue weighted by molar-refractivity contribution is 0.100. The zero-order valence-corrected chi connectivity index (χ0v) is 14.0. The number of nitrogens with one attached hydrogen (secondary N) is 3. The third-order valence-electron chi connectivity index (χ3n) is 3.70. The first-order valence-electron chi connectivity index (χ1n) is 8.03. The van der Waals surface area contributed by atoms with E-state index in [1.165, 1.54) is 0 Å². The second-order valence-electron chi connectivity index (χ2n) is 5.60. The first-order chi connectivity index (χ1) is 13.2. The Kier molecular flexibility index (Phi) is 4.24. The van der Waals surface area contributed by atoms with Crippen LogP contribution in [0, 0.1) is 0 Å². The molecule has 0 aliphatic rings. The lowest BCUT2D eigenvalue weighted by atomic mass is 10.2. The van der Waals surface area contributed by atoms with Crippen LogP contribution < -0.4 is 16.4 Å². The number of anilines is 4. The minimum absolute atomic E-state index is 0.397. The monoisotopic (exact) mass is 361 g/mol. The van der Waals surface area contributed by atoms with E-state index in [1.807, 2.05) is 18.2 Å². The minimum Gasteiger partial charge on any atom is -0.463 e. The standard InChI is InChI=1S/C18H15N7O2/c19-17(26)11-3-5-12(6-4-11)21-18-20-8-7-15(23-18)22-16-10-13(24-25-16)14-2-1-9-27-14/h1-10H,(H2,19,26)(H3,20,21,22,23,24,25). The Morgan fingerprint density at radius 1 is 1.07 bits per heavy atom. The summed E-state index contributed by atoms with van der Waals surface area (Å²) in [5, 5.41) is 13.2. The molecule has 0 saturated carbocycles. The molecule has 0 radical (unpaired) electrons. The number of nitrogens with zero attached hydrogens (tertiary/aromatic N) is 3. The molecule has 0 atom stereocenters. The lowest BCUT2D eigenvalue weighted by Crippen LogP contribution is -2.10. The quantitative estimate of drug-likeness (QED) is 0.414. The minimum atomic E-state index is -0.475. The maximum atomic E-state index is 11.1. The Bertz CT molecular complexity index is 1060. The molecule has 9 nitrogen and oxygen atoms in total.